The van der Waals surface area contributed by atoms with E-state index in [0.29, 0.717) is 24.6 Å². The summed E-state index contributed by atoms with van der Waals surface area (Å²) >= 11 is 1.51. The second-order valence-corrected chi connectivity index (χ2v) is 13.9. The molecule has 0 aliphatic carbocycles. The van der Waals surface area contributed by atoms with Crippen molar-refractivity contribution >= 4 is 53.4 Å². The number of nitrogens with one attached hydrogen (secondary N) is 2. The van der Waals surface area contributed by atoms with Crippen molar-refractivity contribution in [2.75, 3.05) is 23.9 Å². The molecule has 3 aromatic carbocycles. The third-order valence-corrected chi connectivity index (χ3v) is 9.54. The molecule has 5 aromatic rings. The van der Waals surface area contributed by atoms with Crippen LogP contribution in [0.5, 0.6) is 0 Å². The van der Waals surface area contributed by atoms with Gasteiger partial charge >= 0.3 is 0 Å². The molecule has 5 rings (SSSR count). The average molecular weight is 580 g/mol. The zero-order valence-corrected chi connectivity index (χ0v) is 23.4. The molecule has 0 bridgehead atoms. The summed E-state index contributed by atoms with van der Waals surface area (Å²) < 4.78 is 48.3. The summed E-state index contributed by atoms with van der Waals surface area (Å²) in [4.78, 5) is 13.9. The van der Waals surface area contributed by atoms with Gasteiger partial charge in [-0.1, -0.05) is 24.3 Å². The topological polar surface area (TPSA) is 131 Å². The van der Waals surface area contributed by atoms with Gasteiger partial charge in [0.2, 0.25) is 9.84 Å². The average Bonchev–Trinajstić information content (AvgIpc) is 3.40. The standard InChI is InChI=1S/C27H25N5O4S3/c1-38(33,34)14-13-28-16-21-17-37-27(32-21)19-7-12-24-25(15-19)29-18-30-26(24)31-20-8-10-23(11-9-20)39(35,36)22-5-3-2-4-6-22/h2-12,15,17-18,28H,13-14,16H2,1H3,(H,29,30,31). The van der Waals surface area contributed by atoms with Crippen LogP contribution in [0.1, 0.15) is 5.69 Å². The third-order valence-electron chi connectivity index (χ3n) is 5.87. The van der Waals surface area contributed by atoms with Crippen molar-refractivity contribution in [2.24, 2.45) is 0 Å². The lowest BCUT2D eigenvalue weighted by atomic mass is 10.1. The molecule has 39 heavy (non-hydrogen) atoms. The number of thiazole rings is 1. The van der Waals surface area contributed by atoms with Gasteiger partial charge in [-0.15, -0.1) is 11.3 Å². The highest BCUT2D eigenvalue weighted by Gasteiger charge is 2.17. The van der Waals surface area contributed by atoms with Gasteiger partial charge in [-0.25, -0.2) is 31.8 Å². The summed E-state index contributed by atoms with van der Waals surface area (Å²) in [6, 6.07) is 20.7. The first-order valence-electron chi connectivity index (χ1n) is 11.9. The van der Waals surface area contributed by atoms with Crippen LogP contribution in [0.3, 0.4) is 0 Å². The monoisotopic (exact) mass is 579 g/mol. The Bertz CT molecular complexity index is 1820. The Morgan fingerprint density at radius 1 is 0.872 bits per heavy atom. The highest BCUT2D eigenvalue weighted by Crippen LogP contribution is 2.30. The molecule has 0 amide bonds. The second kappa shape index (κ2) is 11.2. The molecule has 0 aliphatic heterocycles. The molecule has 9 nitrogen and oxygen atoms in total. The number of hydrogen-bond acceptors (Lipinski definition) is 10. The Morgan fingerprint density at radius 2 is 1.62 bits per heavy atom. The smallest absolute Gasteiger partial charge is 0.206 e. The maximum Gasteiger partial charge on any atom is 0.206 e. The fourth-order valence-corrected chi connectivity index (χ4v) is 6.49. The van der Waals surface area contributed by atoms with Gasteiger partial charge in [-0.2, -0.15) is 0 Å². The molecule has 0 aliphatic rings. The minimum atomic E-state index is -3.59. The van der Waals surface area contributed by atoms with Crippen molar-refractivity contribution in [3.8, 4) is 10.6 Å². The van der Waals surface area contributed by atoms with Gasteiger partial charge in [0, 0.05) is 41.4 Å². The molecule has 0 radical (unpaired) electrons. The summed E-state index contributed by atoms with van der Waals surface area (Å²) in [5.41, 5.74) is 3.18. The maximum absolute atomic E-state index is 12.9. The molecule has 2 N–H and O–H groups in total. The first-order chi connectivity index (χ1) is 18.7. The van der Waals surface area contributed by atoms with Crippen LogP contribution >= 0.6 is 11.3 Å². The van der Waals surface area contributed by atoms with E-state index < -0.39 is 19.7 Å². The first-order valence-corrected chi connectivity index (χ1v) is 16.4. The van der Waals surface area contributed by atoms with E-state index in [9.17, 15) is 16.8 Å². The summed E-state index contributed by atoms with van der Waals surface area (Å²) in [5.74, 6) is 0.682. The molecule has 0 saturated heterocycles. The second-order valence-electron chi connectivity index (χ2n) is 8.87. The molecule has 200 valence electrons. The Labute approximate surface area is 230 Å². The molecular weight excluding hydrogens is 555 g/mol. The third kappa shape index (κ3) is 6.48. The van der Waals surface area contributed by atoms with Crippen LogP contribution in [0, 0.1) is 0 Å². The van der Waals surface area contributed by atoms with E-state index in [2.05, 4.69) is 25.6 Å². The van der Waals surface area contributed by atoms with Gasteiger partial charge in [-0.05, 0) is 48.5 Å². The summed E-state index contributed by atoms with van der Waals surface area (Å²) in [6.07, 6.45) is 2.69. The van der Waals surface area contributed by atoms with E-state index in [-0.39, 0.29) is 15.5 Å². The van der Waals surface area contributed by atoms with Crippen molar-refractivity contribution < 1.29 is 16.8 Å². The van der Waals surface area contributed by atoms with Crippen LogP contribution in [0.15, 0.2) is 94.3 Å². The summed E-state index contributed by atoms with van der Waals surface area (Å²) in [5, 5.41) is 9.95. The molecule has 0 atom stereocenters. The Balaban J connectivity index is 1.30. The number of nitrogens with zero attached hydrogens (tertiary/aromatic N) is 3. The number of anilines is 2. The molecule has 2 heterocycles. The van der Waals surface area contributed by atoms with Crippen LogP contribution in [-0.4, -0.2) is 50.3 Å². The minimum absolute atomic E-state index is 0.0850. The molecule has 0 spiro atoms. The van der Waals surface area contributed by atoms with E-state index in [1.807, 2.05) is 23.6 Å². The number of hydrogen-bond donors (Lipinski definition) is 2. The van der Waals surface area contributed by atoms with Gasteiger partial charge in [0.05, 0.1) is 26.8 Å². The number of sulfone groups is 2. The summed E-state index contributed by atoms with van der Waals surface area (Å²) in [6.45, 7) is 0.862. The Morgan fingerprint density at radius 3 is 2.36 bits per heavy atom. The predicted molar refractivity (Wildman–Crippen MR) is 154 cm³/mol. The van der Waals surface area contributed by atoms with Crippen molar-refractivity contribution in [3.63, 3.8) is 0 Å². The molecule has 0 unspecified atom stereocenters. The number of benzene rings is 3. The molecule has 0 fully saturated rings. The van der Waals surface area contributed by atoms with E-state index in [0.717, 1.165) is 27.2 Å². The van der Waals surface area contributed by atoms with Gasteiger partial charge in [0.15, 0.2) is 0 Å². The normalized spacial score (nSPS) is 12.0. The van der Waals surface area contributed by atoms with Gasteiger partial charge in [0.25, 0.3) is 0 Å². The zero-order valence-electron chi connectivity index (χ0n) is 20.9. The predicted octanol–water partition coefficient (Wildman–Crippen LogP) is 4.46. The molecule has 2 aromatic heterocycles. The van der Waals surface area contributed by atoms with E-state index in [1.54, 1.807) is 54.6 Å². The van der Waals surface area contributed by atoms with Crippen LogP contribution in [0.4, 0.5) is 11.5 Å². The highest BCUT2D eigenvalue weighted by atomic mass is 32.2. The lowest BCUT2D eigenvalue weighted by molar-refractivity contribution is 0.594. The molecular formula is C27H25N5O4S3. The van der Waals surface area contributed by atoms with Gasteiger partial charge in [0.1, 0.15) is 27.0 Å². The lowest BCUT2D eigenvalue weighted by Crippen LogP contribution is -2.22. The molecule has 0 saturated carbocycles. The van der Waals surface area contributed by atoms with Crippen LogP contribution < -0.4 is 10.6 Å². The largest absolute Gasteiger partial charge is 0.340 e. The first kappa shape index (κ1) is 26.9. The quantitative estimate of drug-likeness (QED) is 0.230. The number of aromatic nitrogens is 3. The van der Waals surface area contributed by atoms with E-state index in [1.165, 1.54) is 23.9 Å². The fourth-order valence-electron chi connectivity index (χ4n) is 3.87. The van der Waals surface area contributed by atoms with Crippen molar-refractivity contribution in [1.29, 1.82) is 0 Å². The van der Waals surface area contributed by atoms with Crippen LogP contribution in [-0.2, 0) is 26.2 Å². The fraction of sp³-hybridized carbons (Fsp3) is 0.148. The number of rotatable bonds is 10. The highest BCUT2D eigenvalue weighted by molar-refractivity contribution is 7.91. The van der Waals surface area contributed by atoms with Gasteiger partial charge in [-0.3, -0.25) is 0 Å². The maximum atomic E-state index is 12.9. The molecule has 12 heteroatoms. The summed E-state index contributed by atoms with van der Waals surface area (Å²) in [7, 11) is -6.59. The van der Waals surface area contributed by atoms with Crippen molar-refractivity contribution in [2.45, 2.75) is 16.3 Å². The van der Waals surface area contributed by atoms with E-state index in [4.69, 9.17) is 0 Å². The SMILES string of the molecule is CS(=O)(=O)CCNCc1csc(-c2ccc3c(Nc4ccc(S(=O)(=O)c5ccccc5)cc4)ncnc3c2)n1. The Kier molecular flexibility index (Phi) is 7.71. The Hall–Kier alpha value is -3.71. The number of fused-ring (bicyclic) bond motifs is 1. The van der Waals surface area contributed by atoms with Crippen LogP contribution in [0.2, 0.25) is 0 Å². The van der Waals surface area contributed by atoms with Crippen molar-refractivity contribution in [1.82, 2.24) is 20.3 Å². The van der Waals surface area contributed by atoms with Crippen molar-refractivity contribution in [3.05, 3.63) is 90.2 Å². The zero-order chi connectivity index (χ0) is 27.5. The lowest BCUT2D eigenvalue weighted by Gasteiger charge is -2.10. The van der Waals surface area contributed by atoms with Crippen LogP contribution in [0.25, 0.3) is 21.5 Å². The van der Waals surface area contributed by atoms with E-state index >= 15 is 0 Å². The van der Waals surface area contributed by atoms with Gasteiger partial charge < -0.3 is 10.6 Å². The minimum Gasteiger partial charge on any atom is -0.340 e.